The van der Waals surface area contributed by atoms with Crippen LogP contribution in [0.2, 0.25) is 9.36 Å². The number of hydrogen-bond donors (Lipinski definition) is 1. The van der Waals surface area contributed by atoms with E-state index < -0.39 is 0 Å². The minimum atomic E-state index is -0.00980. The molecule has 68 valence electrons. The van der Waals surface area contributed by atoms with E-state index in [2.05, 4.69) is 0 Å². The van der Waals surface area contributed by atoms with E-state index >= 15 is 0 Å². The van der Waals surface area contributed by atoms with Crippen molar-refractivity contribution in [3.8, 4) is 0 Å². The van der Waals surface area contributed by atoms with E-state index in [1.807, 2.05) is 18.2 Å². The molecule has 0 saturated heterocycles. The Kier molecular flexibility index (Phi) is 2.47. The Labute approximate surface area is 89.5 Å². The molecule has 0 saturated carbocycles. The van der Waals surface area contributed by atoms with Crippen molar-refractivity contribution in [3.05, 3.63) is 33.1 Å². The van der Waals surface area contributed by atoms with Crippen LogP contribution in [-0.2, 0) is 6.61 Å². The topological polar surface area (TPSA) is 20.2 Å². The summed E-state index contributed by atoms with van der Waals surface area (Å²) in [6, 6.07) is 5.67. The van der Waals surface area contributed by atoms with Crippen LogP contribution in [0.3, 0.4) is 0 Å². The Hall–Kier alpha value is -0.280. The standard InChI is InChI=1S/C9H6Cl2OS/c10-8-7-5(4-12)2-1-3-6(7)13-9(8)11/h1-3,12H,4H2. The lowest BCUT2D eigenvalue weighted by atomic mass is 10.1. The van der Waals surface area contributed by atoms with E-state index in [9.17, 15) is 0 Å². The molecular weight excluding hydrogens is 227 g/mol. The molecule has 0 radical (unpaired) electrons. The highest BCUT2D eigenvalue weighted by molar-refractivity contribution is 7.23. The van der Waals surface area contributed by atoms with Gasteiger partial charge in [-0.25, -0.2) is 0 Å². The molecule has 0 bridgehead atoms. The Balaban J connectivity index is 2.87. The van der Waals surface area contributed by atoms with Crippen LogP contribution in [0, 0.1) is 0 Å². The van der Waals surface area contributed by atoms with Gasteiger partial charge in [0.2, 0.25) is 0 Å². The van der Waals surface area contributed by atoms with Crippen LogP contribution in [0.4, 0.5) is 0 Å². The quantitative estimate of drug-likeness (QED) is 0.796. The van der Waals surface area contributed by atoms with Gasteiger partial charge in [0.1, 0.15) is 4.34 Å². The predicted octanol–water partition coefficient (Wildman–Crippen LogP) is 3.70. The molecule has 0 unspecified atom stereocenters. The number of rotatable bonds is 1. The SMILES string of the molecule is OCc1cccc2sc(Cl)c(Cl)c12. The summed E-state index contributed by atoms with van der Waals surface area (Å²) in [5, 5.41) is 10.5. The van der Waals surface area contributed by atoms with Crippen molar-refractivity contribution in [1.29, 1.82) is 0 Å². The fourth-order valence-electron chi connectivity index (χ4n) is 1.28. The van der Waals surface area contributed by atoms with Crippen LogP contribution in [0.5, 0.6) is 0 Å². The van der Waals surface area contributed by atoms with Gasteiger partial charge in [0.25, 0.3) is 0 Å². The van der Waals surface area contributed by atoms with Crippen LogP contribution in [0.1, 0.15) is 5.56 Å². The Morgan fingerprint density at radius 1 is 1.31 bits per heavy atom. The molecule has 2 aromatic rings. The summed E-state index contributed by atoms with van der Waals surface area (Å²) in [4.78, 5) is 0. The average molecular weight is 233 g/mol. The van der Waals surface area contributed by atoms with E-state index in [4.69, 9.17) is 28.3 Å². The fourth-order valence-corrected chi connectivity index (χ4v) is 2.89. The summed E-state index contributed by atoms with van der Waals surface area (Å²) in [5.41, 5.74) is 0.825. The zero-order chi connectivity index (χ0) is 9.42. The highest BCUT2D eigenvalue weighted by Crippen LogP contribution is 2.40. The lowest BCUT2D eigenvalue weighted by molar-refractivity contribution is 0.283. The fraction of sp³-hybridized carbons (Fsp3) is 0.111. The third-order valence-corrected chi connectivity index (χ3v) is 3.83. The molecular formula is C9H6Cl2OS. The average Bonchev–Trinajstić information content (AvgIpc) is 2.43. The van der Waals surface area contributed by atoms with Crippen molar-refractivity contribution < 1.29 is 5.11 Å². The minimum absolute atomic E-state index is 0.00980. The number of benzene rings is 1. The van der Waals surface area contributed by atoms with E-state index in [0.717, 1.165) is 15.6 Å². The zero-order valence-electron chi connectivity index (χ0n) is 6.55. The number of halogens is 2. The van der Waals surface area contributed by atoms with Gasteiger partial charge in [-0.1, -0.05) is 35.3 Å². The maximum Gasteiger partial charge on any atom is 0.113 e. The van der Waals surface area contributed by atoms with Crippen molar-refractivity contribution in [3.63, 3.8) is 0 Å². The van der Waals surface area contributed by atoms with Crippen molar-refractivity contribution in [1.82, 2.24) is 0 Å². The predicted molar refractivity (Wildman–Crippen MR) is 57.8 cm³/mol. The number of aliphatic hydroxyl groups is 1. The minimum Gasteiger partial charge on any atom is -0.392 e. The molecule has 0 aliphatic heterocycles. The molecule has 2 rings (SSSR count). The number of fused-ring (bicyclic) bond motifs is 1. The summed E-state index contributed by atoms with van der Waals surface area (Å²) in [7, 11) is 0. The summed E-state index contributed by atoms with van der Waals surface area (Å²) < 4.78 is 1.60. The summed E-state index contributed by atoms with van der Waals surface area (Å²) in [6.07, 6.45) is 0. The second-order valence-corrected chi connectivity index (χ2v) is 4.67. The largest absolute Gasteiger partial charge is 0.392 e. The summed E-state index contributed by atoms with van der Waals surface area (Å²) >= 11 is 13.3. The van der Waals surface area contributed by atoms with Gasteiger partial charge in [-0.05, 0) is 11.6 Å². The van der Waals surface area contributed by atoms with Crippen molar-refractivity contribution in [2.45, 2.75) is 6.61 Å². The lowest BCUT2D eigenvalue weighted by Gasteiger charge is -1.98. The first kappa shape index (κ1) is 9.28. The van der Waals surface area contributed by atoms with Crippen molar-refractivity contribution in [2.24, 2.45) is 0 Å². The van der Waals surface area contributed by atoms with Gasteiger partial charge in [-0.3, -0.25) is 0 Å². The first-order chi connectivity index (χ1) is 6.24. The van der Waals surface area contributed by atoms with Crippen LogP contribution in [-0.4, -0.2) is 5.11 Å². The molecule has 1 nitrogen and oxygen atoms in total. The number of thiophene rings is 1. The second-order valence-electron chi connectivity index (χ2n) is 2.64. The number of hydrogen-bond acceptors (Lipinski definition) is 2. The molecule has 4 heteroatoms. The summed E-state index contributed by atoms with van der Waals surface area (Å²) in [6.45, 7) is -0.00980. The molecule has 0 fully saturated rings. The molecule has 1 N–H and O–H groups in total. The highest BCUT2D eigenvalue weighted by atomic mass is 35.5. The smallest absolute Gasteiger partial charge is 0.113 e. The number of aliphatic hydroxyl groups excluding tert-OH is 1. The monoisotopic (exact) mass is 232 g/mol. The molecule has 0 aliphatic rings. The first-order valence-corrected chi connectivity index (χ1v) is 5.27. The van der Waals surface area contributed by atoms with E-state index in [0.29, 0.717) is 9.36 Å². The Morgan fingerprint density at radius 2 is 2.08 bits per heavy atom. The third kappa shape index (κ3) is 1.44. The molecule has 0 atom stereocenters. The van der Waals surface area contributed by atoms with Gasteiger partial charge in [0.15, 0.2) is 0 Å². The van der Waals surface area contributed by atoms with E-state index in [1.54, 1.807) is 0 Å². The van der Waals surface area contributed by atoms with Crippen LogP contribution in [0.25, 0.3) is 10.1 Å². The van der Waals surface area contributed by atoms with Gasteiger partial charge < -0.3 is 5.11 Å². The van der Waals surface area contributed by atoms with Crippen molar-refractivity contribution >= 4 is 44.6 Å². The van der Waals surface area contributed by atoms with E-state index in [1.165, 1.54) is 11.3 Å². The first-order valence-electron chi connectivity index (χ1n) is 3.70. The van der Waals surface area contributed by atoms with Crippen LogP contribution < -0.4 is 0 Å². The maximum absolute atomic E-state index is 9.07. The molecule has 13 heavy (non-hydrogen) atoms. The van der Waals surface area contributed by atoms with Gasteiger partial charge in [0, 0.05) is 10.1 Å². The van der Waals surface area contributed by atoms with Gasteiger partial charge in [-0.15, -0.1) is 11.3 Å². The molecule has 1 aromatic carbocycles. The normalized spacial score (nSPS) is 11.0. The Bertz CT molecular complexity index is 450. The van der Waals surface area contributed by atoms with Gasteiger partial charge in [-0.2, -0.15) is 0 Å². The van der Waals surface area contributed by atoms with Gasteiger partial charge >= 0.3 is 0 Å². The van der Waals surface area contributed by atoms with Crippen LogP contribution >= 0.6 is 34.5 Å². The molecule has 1 aromatic heterocycles. The second kappa shape index (κ2) is 3.46. The van der Waals surface area contributed by atoms with Crippen LogP contribution in [0.15, 0.2) is 18.2 Å². The highest BCUT2D eigenvalue weighted by Gasteiger charge is 2.10. The Morgan fingerprint density at radius 3 is 2.77 bits per heavy atom. The molecule has 1 heterocycles. The zero-order valence-corrected chi connectivity index (χ0v) is 8.88. The van der Waals surface area contributed by atoms with Gasteiger partial charge in [0.05, 0.1) is 11.6 Å². The van der Waals surface area contributed by atoms with Crippen molar-refractivity contribution in [2.75, 3.05) is 0 Å². The molecule has 0 spiro atoms. The maximum atomic E-state index is 9.07. The molecule has 0 amide bonds. The summed E-state index contributed by atoms with van der Waals surface area (Å²) in [5.74, 6) is 0. The van der Waals surface area contributed by atoms with E-state index in [-0.39, 0.29) is 6.61 Å². The lowest BCUT2D eigenvalue weighted by Crippen LogP contribution is -1.82. The molecule has 0 aliphatic carbocycles. The third-order valence-electron chi connectivity index (χ3n) is 1.87.